The van der Waals surface area contributed by atoms with Crippen molar-refractivity contribution >= 4 is 17.4 Å². The lowest BCUT2D eigenvalue weighted by atomic mass is 10.0. The summed E-state index contributed by atoms with van der Waals surface area (Å²) in [7, 11) is 0. The molecule has 1 aliphatic carbocycles. The molecule has 4 rings (SSSR count). The topological polar surface area (TPSA) is 75.9 Å². The number of carbonyl (C=O) groups is 1. The number of fused-ring (bicyclic) bond motifs is 1. The van der Waals surface area contributed by atoms with Crippen LogP contribution in [-0.2, 0) is 4.79 Å². The van der Waals surface area contributed by atoms with Crippen LogP contribution < -0.4 is 10.2 Å². The van der Waals surface area contributed by atoms with E-state index in [0.29, 0.717) is 17.7 Å². The Hall–Kier alpha value is -2.44. The third kappa shape index (κ3) is 2.36. The van der Waals surface area contributed by atoms with Gasteiger partial charge in [-0.3, -0.25) is 4.79 Å². The molecule has 0 saturated heterocycles. The number of carbonyl (C=O) groups excluding carboxylic acids is 1. The Morgan fingerprint density at radius 1 is 1.35 bits per heavy atom. The summed E-state index contributed by atoms with van der Waals surface area (Å²) in [6.45, 7) is 2.05. The molecule has 1 aliphatic heterocycles. The third-order valence-electron chi connectivity index (χ3n) is 4.71. The van der Waals surface area contributed by atoms with Gasteiger partial charge in [0.25, 0.3) is 5.95 Å². The lowest BCUT2D eigenvalue weighted by molar-refractivity contribution is -0.117. The monoisotopic (exact) mass is 312 g/mol. The molecule has 1 fully saturated rings. The van der Waals surface area contributed by atoms with Crippen LogP contribution in [0.1, 0.15) is 39.0 Å². The predicted molar refractivity (Wildman–Crippen MR) is 86.6 cm³/mol. The Morgan fingerprint density at radius 3 is 2.87 bits per heavy atom. The fourth-order valence-corrected chi connectivity index (χ4v) is 3.63. The van der Waals surface area contributed by atoms with Crippen molar-refractivity contribution < 1.29 is 4.79 Å². The number of nitrogens with one attached hydrogen (secondary N) is 1. The Morgan fingerprint density at radius 2 is 2.17 bits per heavy atom. The number of aromatic nitrogens is 4. The molecule has 2 aliphatic rings. The lowest BCUT2D eigenvalue weighted by Gasteiger charge is -2.40. The van der Waals surface area contributed by atoms with Gasteiger partial charge in [0.05, 0.1) is 6.20 Å². The van der Waals surface area contributed by atoms with Gasteiger partial charge in [0.1, 0.15) is 11.7 Å². The highest BCUT2D eigenvalue weighted by Crippen LogP contribution is 2.37. The molecule has 0 aromatic carbocycles. The van der Waals surface area contributed by atoms with Crippen molar-refractivity contribution in [2.75, 3.05) is 10.2 Å². The maximum Gasteiger partial charge on any atom is 0.252 e. The van der Waals surface area contributed by atoms with E-state index in [1.807, 2.05) is 19.2 Å². The van der Waals surface area contributed by atoms with Crippen LogP contribution >= 0.6 is 0 Å². The molecule has 7 nitrogen and oxygen atoms in total. The number of anilines is 2. The van der Waals surface area contributed by atoms with E-state index in [0.717, 1.165) is 25.1 Å². The molecule has 1 atom stereocenters. The maximum atomic E-state index is 12.4. The van der Waals surface area contributed by atoms with E-state index in [2.05, 4.69) is 20.3 Å². The molecule has 120 valence electrons. The van der Waals surface area contributed by atoms with Crippen molar-refractivity contribution in [3.05, 3.63) is 24.7 Å². The fourth-order valence-electron chi connectivity index (χ4n) is 3.63. The van der Waals surface area contributed by atoms with Gasteiger partial charge in [-0.1, -0.05) is 19.8 Å². The van der Waals surface area contributed by atoms with Gasteiger partial charge in [-0.25, -0.2) is 9.67 Å². The zero-order valence-corrected chi connectivity index (χ0v) is 13.1. The second-order valence-electron chi connectivity index (χ2n) is 6.12. The molecule has 23 heavy (non-hydrogen) atoms. The first-order chi connectivity index (χ1) is 11.3. The van der Waals surface area contributed by atoms with Gasteiger partial charge in [0.15, 0.2) is 5.82 Å². The molecule has 1 N–H and O–H groups in total. The average molecular weight is 312 g/mol. The molecule has 0 spiro atoms. The minimum Gasteiger partial charge on any atom is -0.340 e. The summed E-state index contributed by atoms with van der Waals surface area (Å²) in [5.41, 5.74) is 0.697. The van der Waals surface area contributed by atoms with Gasteiger partial charge in [0, 0.05) is 18.4 Å². The normalized spacial score (nSPS) is 21.3. The second kappa shape index (κ2) is 5.64. The van der Waals surface area contributed by atoms with E-state index in [1.165, 1.54) is 12.8 Å². The molecule has 1 unspecified atom stereocenters. The van der Waals surface area contributed by atoms with E-state index in [-0.39, 0.29) is 11.9 Å². The summed E-state index contributed by atoms with van der Waals surface area (Å²) in [6, 6.07) is 2.06. The highest BCUT2D eigenvalue weighted by atomic mass is 16.2. The van der Waals surface area contributed by atoms with Crippen LogP contribution in [0.25, 0.3) is 5.95 Å². The van der Waals surface area contributed by atoms with Gasteiger partial charge in [-0.15, -0.1) is 0 Å². The minimum atomic E-state index is -0.161. The van der Waals surface area contributed by atoms with E-state index in [1.54, 1.807) is 17.1 Å². The van der Waals surface area contributed by atoms with E-state index in [4.69, 9.17) is 4.98 Å². The van der Waals surface area contributed by atoms with Crippen molar-refractivity contribution in [1.29, 1.82) is 0 Å². The van der Waals surface area contributed by atoms with Gasteiger partial charge >= 0.3 is 0 Å². The largest absolute Gasteiger partial charge is 0.340 e. The summed E-state index contributed by atoms with van der Waals surface area (Å²) < 4.78 is 1.64. The van der Waals surface area contributed by atoms with Crippen molar-refractivity contribution in [1.82, 2.24) is 19.7 Å². The molecular weight excluding hydrogens is 292 g/mol. The number of hydrogen-bond donors (Lipinski definition) is 1. The Bertz CT molecular complexity index is 707. The van der Waals surface area contributed by atoms with Crippen LogP contribution in [0.3, 0.4) is 0 Å². The SMILES string of the molecule is CCC1C(=O)Nc2cnc(-n3cccn3)nc2N1C1CCCC1. The molecule has 1 amide bonds. The average Bonchev–Trinajstić information content (AvgIpc) is 3.26. The quantitative estimate of drug-likeness (QED) is 0.939. The number of nitrogens with zero attached hydrogens (tertiary/aromatic N) is 5. The van der Waals surface area contributed by atoms with Crippen LogP contribution in [-0.4, -0.2) is 37.7 Å². The molecular formula is C16H20N6O. The predicted octanol–water partition coefficient (Wildman–Crippen LogP) is 2.14. The highest BCUT2D eigenvalue weighted by molar-refractivity contribution is 6.02. The van der Waals surface area contributed by atoms with Crippen LogP contribution in [0, 0.1) is 0 Å². The van der Waals surface area contributed by atoms with Crippen LogP contribution in [0.2, 0.25) is 0 Å². The van der Waals surface area contributed by atoms with Crippen LogP contribution in [0.5, 0.6) is 0 Å². The molecule has 2 aromatic rings. The van der Waals surface area contributed by atoms with Crippen molar-refractivity contribution in [3.63, 3.8) is 0 Å². The van der Waals surface area contributed by atoms with Gasteiger partial charge in [-0.05, 0) is 25.3 Å². The van der Waals surface area contributed by atoms with E-state index < -0.39 is 0 Å². The molecule has 2 aromatic heterocycles. The van der Waals surface area contributed by atoms with E-state index >= 15 is 0 Å². The number of hydrogen-bond acceptors (Lipinski definition) is 5. The Balaban J connectivity index is 1.80. The third-order valence-corrected chi connectivity index (χ3v) is 4.71. The smallest absolute Gasteiger partial charge is 0.252 e. The Kier molecular flexibility index (Phi) is 3.48. The van der Waals surface area contributed by atoms with E-state index in [9.17, 15) is 4.79 Å². The van der Waals surface area contributed by atoms with Crippen molar-refractivity contribution in [2.45, 2.75) is 51.1 Å². The first-order valence-corrected chi connectivity index (χ1v) is 8.24. The van der Waals surface area contributed by atoms with Gasteiger partial charge < -0.3 is 10.2 Å². The van der Waals surface area contributed by atoms with Crippen LogP contribution in [0.4, 0.5) is 11.5 Å². The molecule has 1 saturated carbocycles. The number of rotatable bonds is 3. The van der Waals surface area contributed by atoms with Crippen molar-refractivity contribution in [2.24, 2.45) is 0 Å². The summed E-state index contributed by atoms with van der Waals surface area (Å²) in [5.74, 6) is 1.40. The molecule has 3 heterocycles. The van der Waals surface area contributed by atoms with Crippen LogP contribution in [0.15, 0.2) is 24.7 Å². The minimum absolute atomic E-state index is 0.0438. The Labute approximate surface area is 134 Å². The van der Waals surface area contributed by atoms with Gasteiger partial charge in [0.2, 0.25) is 5.91 Å². The first-order valence-electron chi connectivity index (χ1n) is 8.24. The standard InChI is InChI=1S/C16H20N6O/c1-2-13-15(23)19-12-10-17-16(21-9-5-8-18-21)20-14(12)22(13)11-6-3-4-7-11/h5,8-11,13H,2-4,6-7H2,1H3,(H,19,23). The maximum absolute atomic E-state index is 12.4. The zero-order chi connectivity index (χ0) is 15.8. The summed E-state index contributed by atoms with van der Waals surface area (Å²) in [4.78, 5) is 23.7. The lowest BCUT2D eigenvalue weighted by Crippen LogP contribution is -2.52. The summed E-state index contributed by atoms with van der Waals surface area (Å²) in [6.07, 6.45) is 10.6. The first kappa shape index (κ1) is 14.2. The highest BCUT2D eigenvalue weighted by Gasteiger charge is 2.38. The molecule has 7 heteroatoms. The second-order valence-corrected chi connectivity index (χ2v) is 6.12. The fraction of sp³-hybridized carbons (Fsp3) is 0.500. The zero-order valence-electron chi connectivity index (χ0n) is 13.1. The summed E-state index contributed by atoms with van der Waals surface area (Å²) in [5, 5.41) is 7.15. The number of amides is 1. The molecule has 0 bridgehead atoms. The van der Waals surface area contributed by atoms with Crippen molar-refractivity contribution in [3.8, 4) is 5.95 Å². The van der Waals surface area contributed by atoms with Gasteiger partial charge in [-0.2, -0.15) is 10.1 Å². The molecule has 0 radical (unpaired) electrons. The summed E-state index contributed by atoms with van der Waals surface area (Å²) >= 11 is 0.